The second-order valence-corrected chi connectivity index (χ2v) is 4.34. The van der Waals surface area contributed by atoms with Crippen LogP contribution in [0.2, 0.25) is 0 Å². The molecule has 0 saturated heterocycles. The van der Waals surface area contributed by atoms with Crippen LogP contribution in [0.4, 0.5) is 5.95 Å². The Labute approximate surface area is 109 Å². The Balaban J connectivity index is 2.56. The number of aromatic nitrogens is 2. The summed E-state index contributed by atoms with van der Waals surface area (Å²) in [4.78, 5) is 8.51. The fourth-order valence-electron chi connectivity index (χ4n) is 1.54. The molecule has 1 aromatic rings. The minimum atomic E-state index is -0.362. The first kappa shape index (κ1) is 14.7. The van der Waals surface area contributed by atoms with Gasteiger partial charge in [0.2, 0.25) is 11.8 Å². The summed E-state index contributed by atoms with van der Waals surface area (Å²) in [6.45, 7) is 7.10. The number of anilines is 1. The van der Waals surface area contributed by atoms with E-state index in [2.05, 4.69) is 15.3 Å². The van der Waals surface area contributed by atoms with E-state index in [4.69, 9.17) is 4.74 Å². The lowest BCUT2D eigenvalue weighted by atomic mass is 10.2. The maximum atomic E-state index is 9.64. The van der Waals surface area contributed by atoms with Crippen molar-refractivity contribution in [2.24, 2.45) is 0 Å². The molecule has 1 rings (SSSR count). The van der Waals surface area contributed by atoms with Gasteiger partial charge in [-0.1, -0.05) is 20.3 Å². The molecule has 5 heteroatoms. The van der Waals surface area contributed by atoms with Gasteiger partial charge < -0.3 is 15.2 Å². The first-order chi connectivity index (χ1) is 8.65. The van der Waals surface area contributed by atoms with E-state index >= 15 is 0 Å². The van der Waals surface area contributed by atoms with Crippen LogP contribution in [-0.2, 0) is 0 Å². The molecular formula is C13H23N3O2. The number of hydrogen-bond acceptors (Lipinski definition) is 5. The molecule has 0 fully saturated rings. The average molecular weight is 253 g/mol. The summed E-state index contributed by atoms with van der Waals surface area (Å²) in [5.74, 6) is 1.09. The zero-order valence-corrected chi connectivity index (χ0v) is 11.4. The van der Waals surface area contributed by atoms with Gasteiger partial charge >= 0.3 is 0 Å². The maximum absolute atomic E-state index is 9.64. The SMILES string of the molecule is CCCOc1cc(C)nc(NCC(O)CCC)n1. The lowest BCUT2D eigenvalue weighted by Gasteiger charge is -2.12. The Morgan fingerprint density at radius 3 is 2.78 bits per heavy atom. The molecule has 1 unspecified atom stereocenters. The highest BCUT2D eigenvalue weighted by atomic mass is 16.5. The number of hydrogen-bond donors (Lipinski definition) is 2. The number of rotatable bonds is 8. The molecule has 1 atom stereocenters. The minimum Gasteiger partial charge on any atom is -0.478 e. The molecule has 0 spiro atoms. The fraction of sp³-hybridized carbons (Fsp3) is 0.692. The minimum absolute atomic E-state index is 0.362. The summed E-state index contributed by atoms with van der Waals surface area (Å²) in [5, 5.41) is 12.7. The van der Waals surface area contributed by atoms with Crippen LogP contribution >= 0.6 is 0 Å². The third kappa shape index (κ3) is 5.31. The van der Waals surface area contributed by atoms with Crippen molar-refractivity contribution in [3.63, 3.8) is 0 Å². The van der Waals surface area contributed by atoms with Crippen LogP contribution in [0.15, 0.2) is 6.07 Å². The highest BCUT2D eigenvalue weighted by Crippen LogP contribution is 2.12. The van der Waals surface area contributed by atoms with Gasteiger partial charge in [0.05, 0.1) is 12.7 Å². The lowest BCUT2D eigenvalue weighted by Crippen LogP contribution is -2.20. The van der Waals surface area contributed by atoms with E-state index in [1.807, 2.05) is 26.8 Å². The molecule has 2 N–H and O–H groups in total. The normalized spacial score (nSPS) is 12.2. The van der Waals surface area contributed by atoms with Crippen molar-refractivity contribution in [1.29, 1.82) is 0 Å². The highest BCUT2D eigenvalue weighted by Gasteiger charge is 2.06. The Bertz CT molecular complexity index is 358. The zero-order chi connectivity index (χ0) is 13.4. The third-order valence-electron chi connectivity index (χ3n) is 2.40. The standard InChI is InChI=1S/C13H23N3O2/c1-4-6-11(17)9-14-13-15-10(3)8-12(16-13)18-7-5-2/h8,11,17H,4-7,9H2,1-3H3,(H,14,15,16). The van der Waals surface area contributed by atoms with Gasteiger partial charge in [-0.15, -0.1) is 0 Å². The number of nitrogens with one attached hydrogen (secondary N) is 1. The predicted molar refractivity (Wildman–Crippen MR) is 72.0 cm³/mol. The van der Waals surface area contributed by atoms with Crippen molar-refractivity contribution in [3.05, 3.63) is 11.8 Å². The van der Waals surface area contributed by atoms with Gasteiger partial charge in [-0.3, -0.25) is 0 Å². The topological polar surface area (TPSA) is 67.3 Å². The van der Waals surface area contributed by atoms with E-state index in [9.17, 15) is 5.11 Å². The fourth-order valence-corrected chi connectivity index (χ4v) is 1.54. The first-order valence-corrected chi connectivity index (χ1v) is 6.56. The average Bonchev–Trinajstić information content (AvgIpc) is 2.34. The summed E-state index contributed by atoms with van der Waals surface area (Å²) in [5.41, 5.74) is 0.851. The van der Waals surface area contributed by atoms with Gasteiger partial charge in [-0.25, -0.2) is 4.98 Å². The summed E-state index contributed by atoms with van der Waals surface area (Å²) < 4.78 is 5.48. The number of ether oxygens (including phenoxy) is 1. The van der Waals surface area contributed by atoms with Crippen molar-refractivity contribution in [1.82, 2.24) is 9.97 Å². The first-order valence-electron chi connectivity index (χ1n) is 6.56. The molecule has 0 aromatic carbocycles. The van der Waals surface area contributed by atoms with Crippen molar-refractivity contribution in [2.45, 2.75) is 46.1 Å². The van der Waals surface area contributed by atoms with Crippen molar-refractivity contribution < 1.29 is 9.84 Å². The Morgan fingerprint density at radius 1 is 1.33 bits per heavy atom. The Morgan fingerprint density at radius 2 is 2.11 bits per heavy atom. The Hall–Kier alpha value is -1.36. The molecule has 0 amide bonds. The maximum Gasteiger partial charge on any atom is 0.226 e. The summed E-state index contributed by atoms with van der Waals surface area (Å²) >= 11 is 0. The molecule has 0 radical (unpaired) electrons. The second kappa shape index (κ2) is 7.87. The number of aliphatic hydroxyl groups is 1. The number of aryl methyl sites for hydroxylation is 1. The highest BCUT2D eigenvalue weighted by molar-refractivity contribution is 5.30. The summed E-state index contributed by atoms with van der Waals surface area (Å²) in [7, 11) is 0. The molecule has 0 saturated carbocycles. The van der Waals surface area contributed by atoms with Crippen LogP contribution in [0.5, 0.6) is 5.88 Å². The lowest BCUT2D eigenvalue weighted by molar-refractivity contribution is 0.176. The van der Waals surface area contributed by atoms with Gasteiger partial charge in [-0.05, 0) is 19.8 Å². The van der Waals surface area contributed by atoms with Crippen LogP contribution in [0.3, 0.4) is 0 Å². The largest absolute Gasteiger partial charge is 0.478 e. The van der Waals surface area contributed by atoms with E-state index in [-0.39, 0.29) is 6.10 Å². The van der Waals surface area contributed by atoms with E-state index in [1.54, 1.807) is 0 Å². The molecule has 0 bridgehead atoms. The molecule has 0 aliphatic heterocycles. The van der Waals surface area contributed by atoms with Gasteiger partial charge in [0.1, 0.15) is 0 Å². The summed E-state index contributed by atoms with van der Waals surface area (Å²) in [6.07, 6.45) is 2.32. The van der Waals surface area contributed by atoms with Crippen LogP contribution in [0, 0.1) is 6.92 Å². The molecule has 0 aliphatic carbocycles. The van der Waals surface area contributed by atoms with Crippen LogP contribution in [0.25, 0.3) is 0 Å². The van der Waals surface area contributed by atoms with Crippen LogP contribution in [0.1, 0.15) is 38.8 Å². The van der Waals surface area contributed by atoms with E-state index in [0.717, 1.165) is 25.0 Å². The monoisotopic (exact) mass is 253 g/mol. The van der Waals surface area contributed by atoms with Gasteiger partial charge in [0, 0.05) is 18.3 Å². The molecule has 5 nitrogen and oxygen atoms in total. The van der Waals surface area contributed by atoms with Crippen molar-refractivity contribution in [2.75, 3.05) is 18.5 Å². The van der Waals surface area contributed by atoms with E-state index in [1.165, 1.54) is 0 Å². The molecule has 18 heavy (non-hydrogen) atoms. The molecule has 1 aromatic heterocycles. The number of aliphatic hydroxyl groups excluding tert-OH is 1. The zero-order valence-electron chi connectivity index (χ0n) is 11.4. The smallest absolute Gasteiger partial charge is 0.226 e. The van der Waals surface area contributed by atoms with Gasteiger partial charge in [0.25, 0.3) is 0 Å². The Kier molecular flexibility index (Phi) is 6.43. The van der Waals surface area contributed by atoms with E-state index in [0.29, 0.717) is 25.0 Å². The molecule has 102 valence electrons. The molecule has 0 aliphatic rings. The number of nitrogens with zero attached hydrogens (tertiary/aromatic N) is 2. The van der Waals surface area contributed by atoms with Crippen molar-refractivity contribution >= 4 is 5.95 Å². The predicted octanol–water partition coefficient (Wildman–Crippen LogP) is 2.15. The van der Waals surface area contributed by atoms with Crippen LogP contribution in [-0.4, -0.2) is 34.3 Å². The quantitative estimate of drug-likeness (QED) is 0.743. The molecular weight excluding hydrogens is 230 g/mol. The van der Waals surface area contributed by atoms with Gasteiger partial charge in [-0.2, -0.15) is 4.98 Å². The molecule has 1 heterocycles. The van der Waals surface area contributed by atoms with Crippen molar-refractivity contribution in [3.8, 4) is 5.88 Å². The van der Waals surface area contributed by atoms with Gasteiger partial charge in [0.15, 0.2) is 0 Å². The summed E-state index contributed by atoms with van der Waals surface area (Å²) in [6, 6.07) is 1.81. The van der Waals surface area contributed by atoms with Crippen LogP contribution < -0.4 is 10.1 Å². The second-order valence-electron chi connectivity index (χ2n) is 4.34. The van der Waals surface area contributed by atoms with E-state index < -0.39 is 0 Å². The third-order valence-corrected chi connectivity index (χ3v) is 2.40.